The normalized spacial score (nSPS) is 12.1. The van der Waals surface area contributed by atoms with E-state index in [1.165, 1.54) is 7.11 Å². The molecule has 0 fully saturated rings. The molecule has 0 saturated carbocycles. The lowest BCUT2D eigenvalue weighted by atomic mass is 9.95. The zero-order chi connectivity index (χ0) is 30.5. The van der Waals surface area contributed by atoms with E-state index in [1.807, 2.05) is 61.5 Å². The lowest BCUT2D eigenvalue weighted by Gasteiger charge is -2.19. The summed E-state index contributed by atoms with van der Waals surface area (Å²) in [5.41, 5.74) is 4.55. The maximum Gasteiger partial charge on any atom is 0.336 e. The number of ether oxygens (including phenoxy) is 4. The Bertz CT molecular complexity index is 1710. The molecule has 0 saturated heterocycles. The van der Waals surface area contributed by atoms with Crippen molar-refractivity contribution < 1.29 is 38.7 Å². The van der Waals surface area contributed by atoms with Crippen LogP contribution in [0, 0.1) is 0 Å². The lowest BCUT2D eigenvalue weighted by molar-refractivity contribution is -0.132. The lowest BCUT2D eigenvalue weighted by Crippen LogP contribution is -2.10. The van der Waals surface area contributed by atoms with Gasteiger partial charge in [0.15, 0.2) is 11.5 Å². The molecule has 0 bridgehead atoms. The number of methoxy groups -OCH3 is 1. The molecular formula is C34H31NO8. The molecule has 1 heterocycles. The number of nitrogens with zero attached hydrogens (tertiary/aromatic N) is 1. The van der Waals surface area contributed by atoms with Crippen molar-refractivity contribution >= 4 is 23.7 Å². The Morgan fingerprint density at radius 3 is 2.30 bits per heavy atom. The van der Waals surface area contributed by atoms with Crippen LogP contribution in [-0.2, 0) is 17.8 Å². The number of rotatable bonds is 11. The molecule has 2 N–H and O–H groups in total. The summed E-state index contributed by atoms with van der Waals surface area (Å²) in [5, 5.41) is 19.8. The molecule has 0 atom stereocenters. The molecule has 9 nitrogen and oxygen atoms in total. The molecule has 0 spiro atoms. The highest BCUT2D eigenvalue weighted by Crippen LogP contribution is 2.40. The number of anilines is 1. The Morgan fingerprint density at radius 1 is 0.860 bits per heavy atom. The average Bonchev–Trinajstić information content (AvgIpc) is 3.46. The van der Waals surface area contributed by atoms with Gasteiger partial charge in [-0.1, -0.05) is 42.5 Å². The maximum atomic E-state index is 12.5. The summed E-state index contributed by atoms with van der Waals surface area (Å²) < 4.78 is 22.7. The number of carboxylic acids is 2. The van der Waals surface area contributed by atoms with Crippen molar-refractivity contribution in [3.63, 3.8) is 0 Å². The summed E-state index contributed by atoms with van der Waals surface area (Å²) in [5.74, 6) is 0.0129. The number of benzene rings is 4. The Labute approximate surface area is 249 Å². The smallest absolute Gasteiger partial charge is 0.336 e. The van der Waals surface area contributed by atoms with Crippen LogP contribution in [0.5, 0.6) is 23.0 Å². The van der Waals surface area contributed by atoms with Crippen LogP contribution in [0.15, 0.2) is 84.4 Å². The van der Waals surface area contributed by atoms with E-state index in [0.29, 0.717) is 39.7 Å². The third-order valence-corrected chi connectivity index (χ3v) is 7.12. The van der Waals surface area contributed by atoms with Gasteiger partial charge in [-0.05, 0) is 41.5 Å². The van der Waals surface area contributed by atoms with Gasteiger partial charge in [-0.15, -0.1) is 0 Å². The van der Waals surface area contributed by atoms with E-state index in [4.69, 9.17) is 18.9 Å². The Kier molecular flexibility index (Phi) is 8.52. The fourth-order valence-corrected chi connectivity index (χ4v) is 4.88. The van der Waals surface area contributed by atoms with Crippen LogP contribution >= 0.6 is 0 Å². The zero-order valence-electron chi connectivity index (χ0n) is 24.0. The molecule has 4 aromatic rings. The van der Waals surface area contributed by atoms with E-state index in [-0.39, 0.29) is 31.0 Å². The van der Waals surface area contributed by atoms with Gasteiger partial charge in [0.2, 0.25) is 6.79 Å². The minimum absolute atomic E-state index is 0.0364. The Balaban J connectivity index is 1.54. The van der Waals surface area contributed by atoms with E-state index < -0.39 is 11.9 Å². The topological polar surface area (TPSA) is 115 Å². The molecular weight excluding hydrogens is 550 g/mol. The van der Waals surface area contributed by atoms with Crippen molar-refractivity contribution in [1.29, 1.82) is 0 Å². The van der Waals surface area contributed by atoms with Crippen molar-refractivity contribution in [2.24, 2.45) is 0 Å². The number of fused-ring (bicyclic) bond motifs is 1. The van der Waals surface area contributed by atoms with E-state index in [9.17, 15) is 19.8 Å². The largest absolute Gasteiger partial charge is 0.496 e. The second-order valence-electron chi connectivity index (χ2n) is 10.1. The fraction of sp³-hybridized carbons (Fsp3) is 0.176. The first-order chi connectivity index (χ1) is 20.7. The van der Waals surface area contributed by atoms with Crippen molar-refractivity contribution in [2.45, 2.75) is 13.0 Å². The van der Waals surface area contributed by atoms with Gasteiger partial charge in [0.05, 0.1) is 12.7 Å². The summed E-state index contributed by atoms with van der Waals surface area (Å²) in [6.07, 6.45) is 1.73. The number of carboxylic acid groups (broad SMARTS) is 2. The van der Waals surface area contributed by atoms with Gasteiger partial charge in [-0.3, -0.25) is 0 Å². The highest BCUT2D eigenvalue weighted by molar-refractivity contribution is 5.95. The highest BCUT2D eigenvalue weighted by atomic mass is 16.7. The van der Waals surface area contributed by atoms with Crippen molar-refractivity contribution in [1.82, 2.24) is 0 Å². The molecule has 220 valence electrons. The molecule has 9 heteroatoms. The van der Waals surface area contributed by atoms with Crippen molar-refractivity contribution in [3.05, 3.63) is 107 Å². The van der Waals surface area contributed by atoms with E-state index in [2.05, 4.69) is 0 Å². The third-order valence-electron chi connectivity index (χ3n) is 7.12. The predicted octanol–water partition coefficient (Wildman–Crippen LogP) is 6.14. The van der Waals surface area contributed by atoms with Gasteiger partial charge in [0.25, 0.3) is 0 Å². The summed E-state index contributed by atoms with van der Waals surface area (Å²) in [7, 11) is 5.35. The van der Waals surface area contributed by atoms with Crippen LogP contribution in [0.25, 0.3) is 17.2 Å². The molecule has 4 aromatic carbocycles. The molecule has 1 aliphatic rings. The number of hydrogen-bond acceptors (Lipinski definition) is 7. The second kappa shape index (κ2) is 12.6. The fourth-order valence-electron chi connectivity index (χ4n) is 4.88. The van der Waals surface area contributed by atoms with Crippen LogP contribution in [0.2, 0.25) is 0 Å². The first-order valence-electron chi connectivity index (χ1n) is 13.5. The van der Waals surface area contributed by atoms with Crippen molar-refractivity contribution in [3.8, 4) is 34.1 Å². The van der Waals surface area contributed by atoms with Crippen molar-refractivity contribution in [2.75, 3.05) is 32.9 Å². The second-order valence-corrected chi connectivity index (χ2v) is 10.1. The standard InChI is InChI=1S/C34H31NO8/c1-35(2)25-12-13-28(30(17-25)41-19-22-9-5-7-11-27(22)34(38)39)26-10-6-4-8-21(26)14-24(33(36)37)15-23-16-31-32(43-20-42-31)18-29(23)40-3/h4-14,16-18H,15,19-20H2,1-3H3,(H,36,37)(H,38,39). The number of aromatic carboxylic acids is 1. The van der Waals surface area contributed by atoms with Crippen LogP contribution in [0.3, 0.4) is 0 Å². The van der Waals surface area contributed by atoms with Crippen LogP contribution in [0.1, 0.15) is 27.0 Å². The third kappa shape index (κ3) is 6.41. The molecule has 1 aliphatic heterocycles. The van der Waals surface area contributed by atoms with Gasteiger partial charge < -0.3 is 34.1 Å². The first kappa shape index (κ1) is 29.1. The van der Waals surface area contributed by atoms with Crippen LogP contribution in [-0.4, -0.2) is 50.1 Å². The van der Waals surface area contributed by atoms with Gasteiger partial charge in [0, 0.05) is 60.6 Å². The SMILES string of the molecule is COc1cc2c(cc1CC(=Cc1ccccc1-c1ccc(N(C)C)cc1OCc1ccccc1C(=O)O)C(=O)O)OCO2. The predicted molar refractivity (Wildman–Crippen MR) is 162 cm³/mol. The summed E-state index contributed by atoms with van der Waals surface area (Å²) >= 11 is 0. The Morgan fingerprint density at radius 2 is 1.58 bits per heavy atom. The number of carbonyl (C=O) groups is 2. The summed E-state index contributed by atoms with van der Waals surface area (Å²) in [4.78, 5) is 26.2. The Hall–Kier alpha value is -5.44. The molecule has 0 radical (unpaired) electrons. The first-order valence-corrected chi connectivity index (χ1v) is 13.5. The van der Waals surface area contributed by atoms with E-state index >= 15 is 0 Å². The summed E-state index contributed by atoms with van der Waals surface area (Å²) in [6.45, 7) is 0.129. The quantitative estimate of drug-likeness (QED) is 0.201. The van der Waals surface area contributed by atoms with Crippen LogP contribution < -0.4 is 23.8 Å². The van der Waals surface area contributed by atoms with Gasteiger partial charge >= 0.3 is 11.9 Å². The molecule has 43 heavy (non-hydrogen) atoms. The van der Waals surface area contributed by atoms with Gasteiger partial charge in [-0.25, -0.2) is 9.59 Å². The zero-order valence-corrected chi connectivity index (χ0v) is 24.0. The van der Waals surface area contributed by atoms with Gasteiger partial charge in [0.1, 0.15) is 18.1 Å². The molecule has 0 aliphatic carbocycles. The molecule has 5 rings (SSSR count). The minimum atomic E-state index is -1.07. The average molecular weight is 582 g/mol. The van der Waals surface area contributed by atoms with Crippen LogP contribution in [0.4, 0.5) is 5.69 Å². The number of hydrogen-bond donors (Lipinski definition) is 2. The maximum absolute atomic E-state index is 12.5. The molecule has 0 aromatic heterocycles. The van der Waals surface area contributed by atoms with E-state index in [0.717, 1.165) is 16.8 Å². The molecule has 0 amide bonds. The summed E-state index contributed by atoms with van der Waals surface area (Å²) in [6, 6.07) is 23.4. The highest BCUT2D eigenvalue weighted by Gasteiger charge is 2.21. The molecule has 0 unspecified atom stereocenters. The number of aliphatic carboxylic acids is 1. The monoisotopic (exact) mass is 581 g/mol. The van der Waals surface area contributed by atoms with E-state index in [1.54, 1.807) is 42.5 Å². The minimum Gasteiger partial charge on any atom is -0.496 e. The van der Waals surface area contributed by atoms with Gasteiger partial charge in [-0.2, -0.15) is 0 Å².